The summed E-state index contributed by atoms with van der Waals surface area (Å²) >= 11 is 0. The normalized spacial score (nSPS) is 14.2. The maximum absolute atomic E-state index is 15.2. The average molecular weight is 535 g/mol. The molecule has 1 aromatic carbocycles. The van der Waals surface area contributed by atoms with E-state index in [2.05, 4.69) is 9.97 Å². The highest BCUT2D eigenvalue weighted by molar-refractivity contribution is 6.06. The number of carbonyl (C=O) groups is 2. The van der Waals surface area contributed by atoms with Crippen molar-refractivity contribution in [3.8, 4) is 11.1 Å². The molecular formula is C27H24F2N6O4. The number of methoxy groups -OCH3 is 1. The quantitative estimate of drug-likeness (QED) is 0.403. The van der Waals surface area contributed by atoms with Crippen LogP contribution in [0.4, 0.5) is 31.7 Å². The third-order valence-corrected chi connectivity index (χ3v) is 7.29. The van der Waals surface area contributed by atoms with E-state index in [4.69, 9.17) is 4.74 Å². The maximum Gasteiger partial charge on any atom is 0.325 e. The van der Waals surface area contributed by atoms with Gasteiger partial charge in [0.2, 0.25) is 5.91 Å². The predicted molar refractivity (Wildman–Crippen MR) is 141 cm³/mol. The molecule has 39 heavy (non-hydrogen) atoms. The fraction of sp³-hybridized carbons (Fsp3) is 0.259. The van der Waals surface area contributed by atoms with E-state index in [1.165, 1.54) is 18.6 Å². The van der Waals surface area contributed by atoms with Crippen LogP contribution >= 0.6 is 0 Å². The lowest BCUT2D eigenvalue weighted by Crippen LogP contribution is -2.45. The monoisotopic (exact) mass is 534 g/mol. The molecular weight excluding hydrogens is 510 g/mol. The number of anilines is 4. The highest BCUT2D eigenvalue weighted by atomic mass is 19.1. The van der Waals surface area contributed by atoms with Gasteiger partial charge in [-0.3, -0.25) is 14.4 Å². The Morgan fingerprint density at radius 1 is 1.10 bits per heavy atom. The lowest BCUT2D eigenvalue weighted by molar-refractivity contribution is -0.138. The van der Waals surface area contributed by atoms with Crippen LogP contribution in [0.3, 0.4) is 0 Å². The van der Waals surface area contributed by atoms with Crippen LogP contribution in [0.25, 0.3) is 22.0 Å². The summed E-state index contributed by atoms with van der Waals surface area (Å²) in [6, 6.07) is 4.35. The number of hydrogen-bond acceptors (Lipinski definition) is 7. The maximum atomic E-state index is 15.2. The van der Waals surface area contributed by atoms with Crippen molar-refractivity contribution >= 4 is 45.7 Å². The third kappa shape index (κ3) is 3.82. The van der Waals surface area contributed by atoms with Gasteiger partial charge in [-0.1, -0.05) is 0 Å². The van der Waals surface area contributed by atoms with Crippen molar-refractivity contribution in [2.45, 2.75) is 13.5 Å². The van der Waals surface area contributed by atoms with Crippen LogP contribution in [0.5, 0.6) is 0 Å². The van der Waals surface area contributed by atoms with E-state index in [0.717, 1.165) is 12.3 Å². The number of pyridine rings is 2. The summed E-state index contributed by atoms with van der Waals surface area (Å²) in [6.07, 6.45) is 4.35. The summed E-state index contributed by atoms with van der Waals surface area (Å²) in [6.45, 7) is 2.24. The van der Waals surface area contributed by atoms with E-state index in [1.54, 1.807) is 35.3 Å². The zero-order valence-electron chi connectivity index (χ0n) is 21.4. The highest BCUT2D eigenvalue weighted by Crippen LogP contribution is 2.48. The number of halogens is 2. The lowest BCUT2D eigenvalue weighted by atomic mass is 9.98. The minimum Gasteiger partial charge on any atom is -0.468 e. The first-order valence-electron chi connectivity index (χ1n) is 12.2. The molecule has 5 heterocycles. The van der Waals surface area contributed by atoms with Crippen molar-refractivity contribution in [3.05, 3.63) is 64.3 Å². The van der Waals surface area contributed by atoms with E-state index in [1.807, 2.05) is 11.0 Å². The van der Waals surface area contributed by atoms with Gasteiger partial charge in [0.05, 0.1) is 36.9 Å². The second kappa shape index (κ2) is 8.93. The number of aromatic nitrogens is 3. The highest BCUT2D eigenvalue weighted by Gasteiger charge is 2.33. The summed E-state index contributed by atoms with van der Waals surface area (Å²) in [7, 11) is 2.95. The number of nitrogens with zero attached hydrogens (tertiary/aromatic N) is 5. The Morgan fingerprint density at radius 2 is 1.90 bits per heavy atom. The number of ether oxygens (including phenoxy) is 1. The average Bonchev–Trinajstić information content (AvgIpc) is 3.27. The molecule has 0 aliphatic carbocycles. The van der Waals surface area contributed by atoms with E-state index < -0.39 is 17.6 Å². The number of rotatable bonds is 3. The first-order chi connectivity index (χ1) is 18.7. The second-order valence-electron chi connectivity index (χ2n) is 9.59. The Morgan fingerprint density at radius 3 is 2.62 bits per heavy atom. The number of hydrogen-bond donors (Lipinski definition) is 1. The molecule has 4 aromatic rings. The van der Waals surface area contributed by atoms with Crippen LogP contribution in [-0.4, -0.2) is 53.2 Å². The van der Waals surface area contributed by atoms with Crippen LogP contribution < -0.4 is 20.3 Å². The topological polar surface area (TPSA) is 104 Å². The molecule has 0 spiro atoms. The van der Waals surface area contributed by atoms with Crippen LogP contribution in [-0.2, 0) is 27.9 Å². The Labute approximate surface area is 221 Å². The van der Waals surface area contributed by atoms with Gasteiger partial charge >= 0.3 is 5.97 Å². The first-order valence-corrected chi connectivity index (χ1v) is 12.2. The molecule has 0 saturated carbocycles. The number of aryl methyl sites for hydroxylation is 1. The summed E-state index contributed by atoms with van der Waals surface area (Å²) in [5.41, 5.74) is 3.84. The van der Waals surface area contributed by atoms with Crippen molar-refractivity contribution in [2.75, 3.05) is 41.4 Å². The molecule has 0 bridgehead atoms. The van der Waals surface area contributed by atoms with E-state index >= 15 is 4.39 Å². The Hall–Kier alpha value is -4.74. The van der Waals surface area contributed by atoms with Gasteiger partial charge in [-0.25, -0.2) is 13.8 Å². The van der Waals surface area contributed by atoms with Gasteiger partial charge in [-0.05, 0) is 17.7 Å². The SMILES string of the molecule is COC(=O)CN1CCN(C(C)=O)c2cc3c(cc21)-c1cn(C)c(=O)c2[nH]cc(c12)CN3c1ncc(F)cc1F. The van der Waals surface area contributed by atoms with Crippen molar-refractivity contribution in [1.29, 1.82) is 0 Å². The molecule has 0 radical (unpaired) electrons. The number of nitrogens with one attached hydrogen (secondary N) is 1. The molecule has 1 amide bonds. The van der Waals surface area contributed by atoms with Gasteiger partial charge < -0.3 is 29.0 Å². The smallest absolute Gasteiger partial charge is 0.325 e. The summed E-state index contributed by atoms with van der Waals surface area (Å²) in [5.74, 6) is -2.42. The summed E-state index contributed by atoms with van der Waals surface area (Å²) < 4.78 is 35.4. The van der Waals surface area contributed by atoms with Crippen molar-refractivity contribution in [3.63, 3.8) is 0 Å². The predicted octanol–water partition coefficient (Wildman–Crippen LogP) is 3.20. The Kier molecular flexibility index (Phi) is 5.63. The molecule has 2 aliphatic heterocycles. The van der Waals surface area contributed by atoms with Gasteiger partial charge in [0.25, 0.3) is 5.56 Å². The van der Waals surface area contributed by atoms with Crippen molar-refractivity contribution in [1.82, 2.24) is 14.5 Å². The number of benzene rings is 1. The standard InChI is InChI=1S/C27H24F2N6O4/c1-14(36)34-5-4-33(13-23(37)39-3)21-7-17-18-12-32(2)27(38)25-24(18)15(9-30-25)11-35(20(17)8-22(21)34)26-19(29)6-16(28)10-31-26/h6-10,12,30H,4-5,11,13H2,1-3H3. The van der Waals surface area contributed by atoms with Gasteiger partial charge in [0.15, 0.2) is 11.6 Å². The number of aromatic amines is 1. The van der Waals surface area contributed by atoms with E-state index in [-0.39, 0.29) is 30.4 Å². The van der Waals surface area contributed by atoms with Gasteiger partial charge in [-0.2, -0.15) is 0 Å². The zero-order chi connectivity index (χ0) is 27.6. The molecule has 0 fully saturated rings. The molecule has 0 atom stereocenters. The molecule has 3 aromatic heterocycles. The van der Waals surface area contributed by atoms with Crippen molar-refractivity contribution < 1.29 is 23.1 Å². The lowest BCUT2D eigenvalue weighted by Gasteiger charge is -2.38. The minimum atomic E-state index is -0.859. The largest absolute Gasteiger partial charge is 0.468 e. The number of esters is 1. The molecule has 6 rings (SSSR count). The van der Waals surface area contributed by atoms with Crippen LogP contribution in [0.1, 0.15) is 12.5 Å². The van der Waals surface area contributed by atoms with E-state index in [0.29, 0.717) is 57.7 Å². The van der Waals surface area contributed by atoms with Crippen LogP contribution in [0, 0.1) is 11.6 Å². The number of fused-ring (bicyclic) bond motifs is 3. The summed E-state index contributed by atoms with van der Waals surface area (Å²) in [5, 5.41) is 0.670. The van der Waals surface area contributed by atoms with Gasteiger partial charge in [0, 0.05) is 62.0 Å². The zero-order valence-corrected chi connectivity index (χ0v) is 21.4. The molecule has 200 valence electrons. The summed E-state index contributed by atoms with van der Waals surface area (Å²) in [4.78, 5) is 50.0. The number of amides is 1. The van der Waals surface area contributed by atoms with Gasteiger partial charge in [0.1, 0.15) is 17.9 Å². The van der Waals surface area contributed by atoms with Crippen molar-refractivity contribution in [2.24, 2.45) is 7.05 Å². The van der Waals surface area contributed by atoms with Gasteiger partial charge in [-0.15, -0.1) is 0 Å². The molecule has 12 heteroatoms. The molecule has 0 saturated heterocycles. The second-order valence-corrected chi connectivity index (χ2v) is 9.59. The van der Waals surface area contributed by atoms with E-state index in [9.17, 15) is 18.8 Å². The van der Waals surface area contributed by atoms with Crippen LogP contribution in [0.15, 0.2) is 41.6 Å². The molecule has 0 unspecified atom stereocenters. The third-order valence-electron chi connectivity index (χ3n) is 7.29. The Bertz CT molecular complexity index is 1750. The molecule has 10 nitrogen and oxygen atoms in total. The molecule has 1 N–H and O–H groups in total. The molecule has 2 aliphatic rings. The number of H-pyrrole nitrogens is 1. The van der Waals surface area contributed by atoms with Crippen LogP contribution in [0.2, 0.25) is 0 Å². The fourth-order valence-corrected chi connectivity index (χ4v) is 5.46. The number of carbonyl (C=O) groups excluding carboxylic acids is 2. The Balaban J connectivity index is 1.69. The first kappa shape index (κ1) is 24.6. The minimum absolute atomic E-state index is 0.0377. The fourth-order valence-electron chi connectivity index (χ4n) is 5.46.